The van der Waals surface area contributed by atoms with Crippen molar-refractivity contribution < 1.29 is 9.53 Å². The van der Waals surface area contributed by atoms with Gasteiger partial charge < -0.3 is 10.1 Å². The summed E-state index contributed by atoms with van der Waals surface area (Å²) in [4.78, 5) is 12.7. The summed E-state index contributed by atoms with van der Waals surface area (Å²) in [5.74, 6) is 0.832. The minimum atomic E-state index is -0.290. The van der Waals surface area contributed by atoms with Crippen molar-refractivity contribution in [1.82, 2.24) is 25.9 Å². The number of nitrogens with one attached hydrogen (secondary N) is 2. The van der Waals surface area contributed by atoms with Crippen LogP contribution in [0.15, 0.2) is 66.7 Å². The van der Waals surface area contributed by atoms with Crippen molar-refractivity contribution in [3.05, 3.63) is 93.5 Å². The highest BCUT2D eigenvalue weighted by Gasteiger charge is 2.12. The summed E-state index contributed by atoms with van der Waals surface area (Å²) in [5.41, 5.74) is 3.05. The van der Waals surface area contributed by atoms with E-state index in [2.05, 4.69) is 25.9 Å². The molecular formula is C22H17Cl2N5O2. The summed E-state index contributed by atoms with van der Waals surface area (Å²) < 4.78 is 5.79. The number of nitrogens with zero attached hydrogens (tertiary/aromatic N) is 3. The minimum Gasteiger partial charge on any atom is -0.489 e. The van der Waals surface area contributed by atoms with E-state index in [9.17, 15) is 4.79 Å². The Labute approximate surface area is 188 Å². The number of aromatic nitrogens is 4. The number of benzene rings is 3. The Morgan fingerprint density at radius 2 is 1.84 bits per heavy atom. The van der Waals surface area contributed by atoms with E-state index < -0.39 is 0 Å². The third kappa shape index (κ3) is 5.39. The van der Waals surface area contributed by atoms with Crippen LogP contribution in [0.5, 0.6) is 5.75 Å². The molecule has 0 aliphatic heterocycles. The van der Waals surface area contributed by atoms with Crippen molar-refractivity contribution >= 4 is 29.1 Å². The Morgan fingerprint density at radius 1 is 1.00 bits per heavy atom. The second-order valence-electron chi connectivity index (χ2n) is 6.69. The quantitative estimate of drug-likeness (QED) is 0.423. The summed E-state index contributed by atoms with van der Waals surface area (Å²) in [6.07, 6.45) is 0. The van der Waals surface area contributed by atoms with E-state index in [1.807, 2.05) is 42.5 Å². The lowest BCUT2D eigenvalue weighted by Gasteiger charge is -2.11. The van der Waals surface area contributed by atoms with Gasteiger partial charge in [-0.05, 0) is 51.9 Å². The number of carbonyl (C=O) groups excluding carboxylic acids is 1. The maximum Gasteiger partial charge on any atom is 0.253 e. The van der Waals surface area contributed by atoms with Gasteiger partial charge in [-0.25, -0.2) is 5.10 Å². The average molecular weight is 454 g/mol. The molecule has 156 valence electrons. The normalized spacial score (nSPS) is 10.6. The Kier molecular flexibility index (Phi) is 6.45. The second-order valence-corrected chi connectivity index (χ2v) is 7.53. The second kappa shape index (κ2) is 9.59. The maximum absolute atomic E-state index is 12.7. The molecule has 9 heteroatoms. The van der Waals surface area contributed by atoms with Crippen LogP contribution in [0.1, 0.15) is 21.5 Å². The predicted molar refractivity (Wildman–Crippen MR) is 118 cm³/mol. The molecule has 0 atom stereocenters. The van der Waals surface area contributed by atoms with Crippen molar-refractivity contribution in [3.8, 4) is 17.1 Å². The Hall–Kier alpha value is -3.42. The maximum atomic E-state index is 12.7. The van der Waals surface area contributed by atoms with E-state index in [1.54, 1.807) is 24.3 Å². The van der Waals surface area contributed by atoms with Gasteiger partial charge in [0.1, 0.15) is 12.4 Å². The smallest absolute Gasteiger partial charge is 0.253 e. The molecule has 0 unspecified atom stereocenters. The van der Waals surface area contributed by atoms with Gasteiger partial charge in [-0.15, -0.1) is 5.10 Å². The highest BCUT2D eigenvalue weighted by atomic mass is 35.5. The highest BCUT2D eigenvalue weighted by Crippen LogP contribution is 2.23. The zero-order valence-electron chi connectivity index (χ0n) is 16.2. The largest absolute Gasteiger partial charge is 0.489 e. The first-order valence-electron chi connectivity index (χ1n) is 9.36. The first kappa shape index (κ1) is 20.8. The third-order valence-electron chi connectivity index (χ3n) is 4.50. The van der Waals surface area contributed by atoms with Crippen LogP contribution in [0, 0.1) is 0 Å². The van der Waals surface area contributed by atoms with Crippen LogP contribution in [0.2, 0.25) is 10.0 Å². The van der Waals surface area contributed by atoms with Crippen LogP contribution < -0.4 is 10.1 Å². The summed E-state index contributed by atoms with van der Waals surface area (Å²) in [6, 6.07) is 19.9. The summed E-state index contributed by atoms with van der Waals surface area (Å²) >= 11 is 12.2. The molecule has 2 N–H and O–H groups in total. The molecule has 7 nitrogen and oxygen atoms in total. The number of carbonyl (C=O) groups is 1. The van der Waals surface area contributed by atoms with Gasteiger partial charge >= 0.3 is 0 Å². The van der Waals surface area contributed by atoms with Gasteiger partial charge in [0.05, 0.1) is 10.6 Å². The standard InChI is InChI=1S/C22H17Cl2N5O2/c23-17-3-1-2-15(10-17)13-31-18-8-9-20(24)19(11-18)22(30)25-12-14-4-6-16(7-5-14)21-26-28-29-27-21/h1-11H,12-13H2,(H,25,30)(H,26,27,28,29). The third-order valence-corrected chi connectivity index (χ3v) is 5.07. The van der Waals surface area contributed by atoms with Crippen LogP contribution in [-0.2, 0) is 13.2 Å². The fraction of sp³-hybridized carbons (Fsp3) is 0.0909. The lowest BCUT2D eigenvalue weighted by atomic mass is 10.1. The summed E-state index contributed by atoms with van der Waals surface area (Å²) in [7, 11) is 0. The van der Waals surface area contributed by atoms with Crippen molar-refractivity contribution in [2.45, 2.75) is 13.2 Å². The predicted octanol–water partition coefficient (Wildman–Crippen LogP) is 4.68. The molecule has 1 amide bonds. The lowest BCUT2D eigenvalue weighted by molar-refractivity contribution is 0.0950. The number of halogens is 2. The van der Waals surface area contributed by atoms with Crippen LogP contribution in [0.4, 0.5) is 0 Å². The zero-order valence-corrected chi connectivity index (χ0v) is 17.7. The summed E-state index contributed by atoms with van der Waals surface area (Å²) in [5, 5.41) is 17.5. The van der Waals surface area contributed by atoms with Gasteiger partial charge in [-0.1, -0.05) is 59.6 Å². The number of amides is 1. The van der Waals surface area contributed by atoms with E-state index in [1.165, 1.54) is 0 Å². The molecular weight excluding hydrogens is 437 g/mol. The molecule has 1 aromatic heterocycles. The molecule has 4 rings (SSSR count). The van der Waals surface area contributed by atoms with E-state index in [0.29, 0.717) is 40.3 Å². The molecule has 4 aromatic rings. The summed E-state index contributed by atoms with van der Waals surface area (Å²) in [6.45, 7) is 0.675. The monoisotopic (exact) mass is 453 g/mol. The van der Waals surface area contributed by atoms with Gasteiger partial charge in [0.25, 0.3) is 5.91 Å². The Morgan fingerprint density at radius 3 is 2.58 bits per heavy atom. The number of hydrogen-bond acceptors (Lipinski definition) is 5. The number of aromatic amines is 1. The van der Waals surface area contributed by atoms with Gasteiger partial charge in [0, 0.05) is 17.1 Å². The number of rotatable bonds is 7. The molecule has 0 fully saturated rings. The molecule has 3 aromatic carbocycles. The van der Waals surface area contributed by atoms with Crippen molar-refractivity contribution in [1.29, 1.82) is 0 Å². The first-order chi connectivity index (χ1) is 15.1. The molecule has 0 aliphatic carbocycles. The fourth-order valence-electron chi connectivity index (χ4n) is 2.90. The van der Waals surface area contributed by atoms with E-state index in [4.69, 9.17) is 27.9 Å². The van der Waals surface area contributed by atoms with Crippen LogP contribution in [0.25, 0.3) is 11.4 Å². The number of tetrazole rings is 1. The van der Waals surface area contributed by atoms with Gasteiger partial charge in [-0.3, -0.25) is 4.79 Å². The molecule has 0 saturated heterocycles. The molecule has 0 radical (unpaired) electrons. The average Bonchev–Trinajstić information content (AvgIpc) is 3.32. The molecule has 0 spiro atoms. The minimum absolute atomic E-state index is 0.290. The molecule has 31 heavy (non-hydrogen) atoms. The Balaban J connectivity index is 1.38. The molecule has 0 aliphatic rings. The number of ether oxygens (including phenoxy) is 1. The van der Waals surface area contributed by atoms with Gasteiger partial charge in [0.2, 0.25) is 0 Å². The van der Waals surface area contributed by atoms with Crippen molar-refractivity contribution in [3.63, 3.8) is 0 Å². The van der Waals surface area contributed by atoms with Crippen LogP contribution in [0.3, 0.4) is 0 Å². The van der Waals surface area contributed by atoms with E-state index in [-0.39, 0.29) is 5.91 Å². The molecule has 0 saturated carbocycles. The van der Waals surface area contributed by atoms with E-state index >= 15 is 0 Å². The topological polar surface area (TPSA) is 92.8 Å². The highest BCUT2D eigenvalue weighted by molar-refractivity contribution is 6.33. The number of H-pyrrole nitrogens is 1. The molecule has 1 heterocycles. The molecule has 0 bridgehead atoms. The SMILES string of the molecule is O=C(NCc1ccc(-c2nnn[nH]2)cc1)c1cc(OCc2cccc(Cl)c2)ccc1Cl. The van der Waals surface area contributed by atoms with Crippen molar-refractivity contribution in [2.75, 3.05) is 0 Å². The van der Waals surface area contributed by atoms with Crippen molar-refractivity contribution in [2.24, 2.45) is 0 Å². The zero-order chi connectivity index (χ0) is 21.6. The lowest BCUT2D eigenvalue weighted by Crippen LogP contribution is -2.23. The first-order valence-corrected chi connectivity index (χ1v) is 10.1. The van der Waals surface area contributed by atoms with E-state index in [0.717, 1.165) is 16.7 Å². The van der Waals surface area contributed by atoms with Crippen LogP contribution in [-0.4, -0.2) is 26.5 Å². The van der Waals surface area contributed by atoms with Gasteiger partial charge in [0.15, 0.2) is 5.82 Å². The number of hydrogen-bond donors (Lipinski definition) is 2. The Bertz CT molecular complexity index is 1180. The van der Waals surface area contributed by atoms with Gasteiger partial charge in [-0.2, -0.15) is 0 Å². The fourth-order valence-corrected chi connectivity index (χ4v) is 3.32. The van der Waals surface area contributed by atoms with Crippen LogP contribution >= 0.6 is 23.2 Å².